The maximum absolute atomic E-state index is 12.2. The standard InChI is InChI=1S/C22H17N3O5/c26-19-8-4-2-6-17(19)21(27)24-23-11-14-12-25(18-7-3-1-5-16(14)18)13-15-9-10-20(30-15)22(28)29/h1-12,26H,13H2,(H,24,27)(H,28,29)/b23-11+. The van der Waals surface area contributed by atoms with Crippen LogP contribution >= 0.6 is 0 Å². The van der Waals surface area contributed by atoms with Gasteiger partial charge in [0.05, 0.1) is 18.3 Å². The number of hydrazone groups is 1. The van der Waals surface area contributed by atoms with Crippen LogP contribution in [-0.4, -0.2) is 32.9 Å². The zero-order valence-electron chi connectivity index (χ0n) is 15.6. The number of aromatic hydroxyl groups is 1. The lowest BCUT2D eigenvalue weighted by molar-refractivity contribution is 0.0660. The molecule has 0 spiro atoms. The van der Waals surface area contributed by atoms with Crippen molar-refractivity contribution in [2.24, 2.45) is 5.10 Å². The van der Waals surface area contributed by atoms with Crippen LogP contribution in [0.5, 0.6) is 5.75 Å². The molecule has 2 heterocycles. The number of benzene rings is 2. The van der Waals surface area contributed by atoms with Crippen LogP contribution in [0.1, 0.15) is 32.2 Å². The zero-order valence-corrected chi connectivity index (χ0v) is 15.6. The van der Waals surface area contributed by atoms with Crippen molar-refractivity contribution in [1.29, 1.82) is 0 Å². The maximum atomic E-state index is 12.2. The number of amides is 1. The molecule has 0 atom stereocenters. The summed E-state index contributed by atoms with van der Waals surface area (Å²) in [5, 5.41) is 23.7. The van der Waals surface area contributed by atoms with Gasteiger partial charge >= 0.3 is 5.97 Å². The third-order valence-electron chi connectivity index (χ3n) is 4.54. The molecule has 0 unspecified atom stereocenters. The van der Waals surface area contributed by atoms with Crippen molar-refractivity contribution in [2.75, 3.05) is 0 Å². The van der Waals surface area contributed by atoms with Crippen LogP contribution in [0.2, 0.25) is 0 Å². The average Bonchev–Trinajstić information content (AvgIpc) is 3.34. The number of aromatic nitrogens is 1. The second kappa shape index (κ2) is 7.96. The third-order valence-corrected chi connectivity index (χ3v) is 4.54. The average molecular weight is 403 g/mol. The smallest absolute Gasteiger partial charge is 0.371 e. The minimum Gasteiger partial charge on any atom is -0.507 e. The normalized spacial score (nSPS) is 11.2. The van der Waals surface area contributed by atoms with E-state index in [0.717, 1.165) is 16.5 Å². The zero-order chi connectivity index (χ0) is 21.1. The van der Waals surface area contributed by atoms with Gasteiger partial charge in [-0.05, 0) is 30.3 Å². The predicted molar refractivity (Wildman–Crippen MR) is 110 cm³/mol. The largest absolute Gasteiger partial charge is 0.507 e. The number of carbonyl (C=O) groups is 2. The number of phenols is 1. The SMILES string of the molecule is O=C(O)c1ccc(Cn2cc(/C=N/NC(=O)c3ccccc3O)c3ccccc32)o1. The Kier molecular flexibility index (Phi) is 5.04. The summed E-state index contributed by atoms with van der Waals surface area (Å²) in [4.78, 5) is 23.2. The summed E-state index contributed by atoms with van der Waals surface area (Å²) in [6.07, 6.45) is 3.35. The Bertz CT molecular complexity index is 1270. The van der Waals surface area contributed by atoms with Gasteiger partial charge in [0.15, 0.2) is 0 Å². The first-order valence-corrected chi connectivity index (χ1v) is 9.04. The van der Waals surface area contributed by atoms with Crippen LogP contribution in [0.4, 0.5) is 0 Å². The van der Waals surface area contributed by atoms with Crippen molar-refractivity contribution < 1.29 is 24.2 Å². The molecule has 30 heavy (non-hydrogen) atoms. The molecular weight excluding hydrogens is 386 g/mol. The molecule has 1 amide bonds. The third kappa shape index (κ3) is 3.79. The predicted octanol–water partition coefficient (Wildman–Crippen LogP) is 3.45. The number of furan rings is 1. The number of aromatic carboxylic acids is 1. The molecule has 150 valence electrons. The summed E-state index contributed by atoms with van der Waals surface area (Å²) in [6.45, 7) is 0.339. The summed E-state index contributed by atoms with van der Waals surface area (Å²) in [7, 11) is 0. The topological polar surface area (TPSA) is 117 Å². The van der Waals surface area contributed by atoms with E-state index in [9.17, 15) is 14.7 Å². The molecule has 4 aromatic rings. The van der Waals surface area contributed by atoms with Crippen LogP contribution in [0.15, 0.2) is 76.4 Å². The summed E-state index contributed by atoms with van der Waals surface area (Å²) in [6, 6.07) is 16.9. The van der Waals surface area contributed by atoms with E-state index in [1.54, 1.807) is 18.2 Å². The number of rotatable bonds is 6. The van der Waals surface area contributed by atoms with Crippen LogP contribution in [0.25, 0.3) is 10.9 Å². The lowest BCUT2D eigenvalue weighted by Crippen LogP contribution is -2.17. The Morgan fingerprint density at radius 3 is 2.60 bits per heavy atom. The molecule has 2 aromatic heterocycles. The number of carboxylic acid groups (broad SMARTS) is 1. The maximum Gasteiger partial charge on any atom is 0.371 e. The summed E-state index contributed by atoms with van der Waals surface area (Å²) < 4.78 is 7.25. The molecule has 3 N–H and O–H groups in total. The van der Waals surface area contributed by atoms with Crippen LogP contribution in [0.3, 0.4) is 0 Å². The van der Waals surface area contributed by atoms with Gasteiger partial charge in [0, 0.05) is 22.7 Å². The van der Waals surface area contributed by atoms with Gasteiger partial charge < -0.3 is 19.2 Å². The van der Waals surface area contributed by atoms with E-state index in [1.807, 2.05) is 35.0 Å². The van der Waals surface area contributed by atoms with Gasteiger partial charge in [0.1, 0.15) is 11.5 Å². The molecular formula is C22H17N3O5. The first kappa shape index (κ1) is 19.0. The van der Waals surface area contributed by atoms with Gasteiger partial charge in [-0.25, -0.2) is 10.2 Å². The Morgan fingerprint density at radius 1 is 1.07 bits per heavy atom. The van der Waals surface area contributed by atoms with E-state index in [-0.39, 0.29) is 17.1 Å². The molecule has 0 aliphatic rings. The molecule has 0 fully saturated rings. The molecule has 0 bridgehead atoms. The minimum absolute atomic E-state index is 0.116. The molecule has 2 aromatic carbocycles. The molecule has 8 heteroatoms. The molecule has 0 radical (unpaired) electrons. The summed E-state index contributed by atoms with van der Waals surface area (Å²) in [5.74, 6) is -1.38. The second-order valence-electron chi connectivity index (χ2n) is 6.52. The highest BCUT2D eigenvalue weighted by Gasteiger charge is 2.12. The first-order valence-electron chi connectivity index (χ1n) is 9.04. The number of nitrogens with one attached hydrogen (secondary N) is 1. The van der Waals surface area contributed by atoms with E-state index >= 15 is 0 Å². The molecule has 0 saturated carbocycles. The number of para-hydroxylation sites is 2. The molecule has 0 saturated heterocycles. The fourth-order valence-corrected chi connectivity index (χ4v) is 3.14. The molecule has 0 aliphatic carbocycles. The number of hydrogen-bond acceptors (Lipinski definition) is 5. The van der Waals surface area contributed by atoms with E-state index in [2.05, 4.69) is 10.5 Å². The number of nitrogens with zero attached hydrogens (tertiary/aromatic N) is 2. The number of hydrogen-bond donors (Lipinski definition) is 3. The highest BCUT2D eigenvalue weighted by atomic mass is 16.4. The van der Waals surface area contributed by atoms with Crippen molar-refractivity contribution in [1.82, 2.24) is 9.99 Å². The lowest BCUT2D eigenvalue weighted by atomic mass is 10.2. The van der Waals surface area contributed by atoms with Crippen LogP contribution in [0, 0.1) is 0 Å². The monoisotopic (exact) mass is 403 g/mol. The Labute approximate surface area is 170 Å². The number of phenolic OH excluding ortho intramolecular Hbond substituents is 1. The van der Waals surface area contributed by atoms with Gasteiger partial charge in [0.25, 0.3) is 5.91 Å². The summed E-state index contributed by atoms with van der Waals surface area (Å²) in [5.41, 5.74) is 4.19. The van der Waals surface area contributed by atoms with Gasteiger partial charge in [-0.15, -0.1) is 0 Å². The van der Waals surface area contributed by atoms with Crippen molar-refractivity contribution in [3.63, 3.8) is 0 Å². The van der Waals surface area contributed by atoms with Gasteiger partial charge in [0.2, 0.25) is 5.76 Å². The quantitative estimate of drug-likeness (QED) is 0.337. The number of carboxylic acids is 1. The minimum atomic E-state index is -1.12. The lowest BCUT2D eigenvalue weighted by Gasteiger charge is -2.02. The van der Waals surface area contributed by atoms with E-state index in [4.69, 9.17) is 9.52 Å². The second-order valence-corrected chi connectivity index (χ2v) is 6.52. The van der Waals surface area contributed by atoms with Crippen molar-refractivity contribution in [3.05, 3.63) is 89.5 Å². The van der Waals surface area contributed by atoms with Crippen molar-refractivity contribution >= 4 is 29.0 Å². The Morgan fingerprint density at radius 2 is 1.83 bits per heavy atom. The van der Waals surface area contributed by atoms with Crippen molar-refractivity contribution in [3.8, 4) is 5.75 Å². The summed E-state index contributed by atoms with van der Waals surface area (Å²) >= 11 is 0. The van der Waals surface area contributed by atoms with Crippen LogP contribution in [-0.2, 0) is 6.54 Å². The Balaban J connectivity index is 1.57. The van der Waals surface area contributed by atoms with Crippen molar-refractivity contribution in [2.45, 2.75) is 6.54 Å². The first-order chi connectivity index (χ1) is 14.5. The van der Waals surface area contributed by atoms with Gasteiger partial charge in [-0.1, -0.05) is 30.3 Å². The van der Waals surface area contributed by atoms with Gasteiger partial charge in [-0.2, -0.15) is 5.10 Å². The van der Waals surface area contributed by atoms with E-state index in [0.29, 0.717) is 12.3 Å². The fourth-order valence-electron chi connectivity index (χ4n) is 3.14. The van der Waals surface area contributed by atoms with Gasteiger partial charge in [-0.3, -0.25) is 4.79 Å². The fraction of sp³-hybridized carbons (Fsp3) is 0.0455. The number of fused-ring (bicyclic) bond motifs is 1. The van der Waals surface area contributed by atoms with Crippen LogP contribution < -0.4 is 5.43 Å². The molecule has 0 aliphatic heterocycles. The highest BCUT2D eigenvalue weighted by Crippen LogP contribution is 2.22. The molecule has 4 rings (SSSR count). The molecule has 8 nitrogen and oxygen atoms in total. The van der Waals surface area contributed by atoms with E-state index < -0.39 is 11.9 Å². The Hall–Kier alpha value is -4.33. The van der Waals surface area contributed by atoms with E-state index in [1.165, 1.54) is 24.4 Å². The number of carbonyl (C=O) groups excluding carboxylic acids is 1. The highest BCUT2D eigenvalue weighted by molar-refractivity contribution is 6.01.